The number of nitrogens with zero attached hydrogens (tertiary/aromatic N) is 4. The van der Waals surface area contributed by atoms with Crippen LogP contribution in [-0.2, 0) is 11.3 Å². The zero-order chi connectivity index (χ0) is 19.7. The first-order valence-electron chi connectivity index (χ1n) is 9.47. The predicted molar refractivity (Wildman–Crippen MR) is 110 cm³/mol. The Labute approximate surface area is 162 Å². The van der Waals surface area contributed by atoms with Crippen LogP contribution in [0.3, 0.4) is 0 Å². The average molecular weight is 374 g/mol. The molecule has 0 radical (unpaired) electrons. The number of likely N-dealkylation sites (N-methyl/N-ethyl adjacent to an activating group) is 1. The van der Waals surface area contributed by atoms with E-state index in [1.165, 1.54) is 0 Å². The van der Waals surface area contributed by atoms with Crippen LogP contribution in [0.5, 0.6) is 0 Å². The molecule has 142 valence electrons. The van der Waals surface area contributed by atoms with E-state index in [0.717, 1.165) is 16.6 Å². The van der Waals surface area contributed by atoms with E-state index < -0.39 is 0 Å². The summed E-state index contributed by atoms with van der Waals surface area (Å²) in [5, 5.41) is 0.844. The Bertz CT molecular complexity index is 1200. The van der Waals surface area contributed by atoms with E-state index in [0.29, 0.717) is 24.3 Å². The highest BCUT2D eigenvalue weighted by Crippen LogP contribution is 2.23. The number of carbonyl (C=O) groups excluding carboxylic acids is 1. The molecular weight excluding hydrogens is 352 g/mol. The molecule has 0 aliphatic carbocycles. The number of imidazole rings is 1. The lowest BCUT2D eigenvalue weighted by Gasteiger charge is -2.20. The van der Waals surface area contributed by atoms with Crippen LogP contribution in [0.25, 0.3) is 27.8 Å². The number of hydrogen-bond donors (Lipinski definition) is 0. The van der Waals surface area contributed by atoms with E-state index >= 15 is 0 Å². The van der Waals surface area contributed by atoms with Crippen molar-refractivity contribution in [2.75, 3.05) is 13.1 Å². The van der Waals surface area contributed by atoms with Gasteiger partial charge in [0.05, 0.1) is 11.2 Å². The van der Waals surface area contributed by atoms with Crippen LogP contribution in [-0.4, -0.2) is 37.8 Å². The largest absolute Gasteiger partial charge is 0.342 e. The molecule has 0 saturated carbocycles. The number of hydrogen-bond acceptors (Lipinski definition) is 3. The van der Waals surface area contributed by atoms with E-state index in [1.807, 2.05) is 68.4 Å². The van der Waals surface area contributed by atoms with E-state index in [4.69, 9.17) is 4.98 Å². The van der Waals surface area contributed by atoms with Gasteiger partial charge in [0.1, 0.15) is 6.54 Å². The molecule has 0 aliphatic rings. The summed E-state index contributed by atoms with van der Waals surface area (Å²) in [6.07, 6.45) is 1.75. The Morgan fingerprint density at radius 2 is 1.68 bits per heavy atom. The number of para-hydroxylation sites is 1. The Morgan fingerprint density at radius 3 is 2.39 bits per heavy atom. The molecule has 28 heavy (non-hydrogen) atoms. The number of amides is 1. The van der Waals surface area contributed by atoms with Crippen molar-refractivity contribution < 1.29 is 4.79 Å². The summed E-state index contributed by atoms with van der Waals surface area (Å²) in [6, 6.07) is 17.3. The highest BCUT2D eigenvalue weighted by Gasteiger charge is 2.17. The summed E-state index contributed by atoms with van der Waals surface area (Å²) in [7, 11) is 0. The van der Waals surface area contributed by atoms with Crippen LogP contribution < -0.4 is 5.69 Å². The van der Waals surface area contributed by atoms with E-state index in [1.54, 1.807) is 20.1 Å². The van der Waals surface area contributed by atoms with Gasteiger partial charge < -0.3 is 4.90 Å². The Balaban J connectivity index is 1.94. The summed E-state index contributed by atoms with van der Waals surface area (Å²) in [5.41, 5.74) is 2.73. The molecule has 2 aromatic carbocycles. The first kappa shape index (κ1) is 18.0. The Hall–Kier alpha value is -3.41. The van der Waals surface area contributed by atoms with Gasteiger partial charge in [-0.2, -0.15) is 0 Å². The van der Waals surface area contributed by atoms with Crippen LogP contribution in [0.1, 0.15) is 13.8 Å². The first-order valence-corrected chi connectivity index (χ1v) is 9.47. The van der Waals surface area contributed by atoms with Crippen LogP contribution >= 0.6 is 0 Å². The normalized spacial score (nSPS) is 11.2. The SMILES string of the molecule is CCN(CC)C(=O)Cn1c(=O)n2cc(-c3ccccc3)nc2c2ccccc21. The maximum atomic E-state index is 13.2. The number of aromatic nitrogens is 3. The molecule has 2 heterocycles. The standard InChI is InChI=1S/C22H22N4O2/c1-3-24(4-2)20(27)15-25-19-13-9-8-12-17(19)21-23-18(14-26(21)22(25)28)16-10-6-5-7-11-16/h5-14H,3-4,15H2,1-2H3. The minimum absolute atomic E-state index is 0.00974. The van der Waals surface area contributed by atoms with Gasteiger partial charge in [0.15, 0.2) is 5.65 Å². The molecule has 0 atom stereocenters. The second kappa shape index (κ2) is 7.31. The van der Waals surface area contributed by atoms with Gasteiger partial charge >= 0.3 is 5.69 Å². The molecule has 2 aromatic heterocycles. The molecule has 6 nitrogen and oxygen atoms in total. The maximum Gasteiger partial charge on any atom is 0.334 e. The minimum atomic E-state index is -0.260. The number of carbonyl (C=O) groups is 1. The summed E-state index contributed by atoms with van der Waals surface area (Å²) < 4.78 is 3.08. The van der Waals surface area contributed by atoms with Gasteiger partial charge in [-0.25, -0.2) is 9.78 Å². The molecule has 0 aliphatic heterocycles. The van der Waals surface area contributed by atoms with Gasteiger partial charge in [-0.05, 0) is 26.0 Å². The Morgan fingerprint density at radius 1 is 1.00 bits per heavy atom. The van der Waals surface area contributed by atoms with Crippen LogP contribution in [0.2, 0.25) is 0 Å². The molecule has 0 fully saturated rings. The fraction of sp³-hybridized carbons (Fsp3) is 0.227. The fourth-order valence-electron chi connectivity index (χ4n) is 3.56. The molecule has 0 unspecified atom stereocenters. The van der Waals surface area contributed by atoms with Gasteiger partial charge in [0.25, 0.3) is 0 Å². The van der Waals surface area contributed by atoms with Crippen molar-refractivity contribution in [3.63, 3.8) is 0 Å². The summed E-state index contributed by atoms with van der Waals surface area (Å²) in [5.74, 6) is -0.0694. The third kappa shape index (κ3) is 2.97. The van der Waals surface area contributed by atoms with Crippen LogP contribution in [0.4, 0.5) is 0 Å². The molecule has 0 spiro atoms. The smallest absolute Gasteiger partial charge is 0.334 e. The zero-order valence-electron chi connectivity index (χ0n) is 16.0. The van der Waals surface area contributed by atoms with Gasteiger partial charge in [-0.15, -0.1) is 0 Å². The second-order valence-electron chi connectivity index (χ2n) is 6.64. The summed E-state index contributed by atoms with van der Waals surface area (Å²) in [4.78, 5) is 32.4. The van der Waals surface area contributed by atoms with E-state index in [2.05, 4.69) is 0 Å². The van der Waals surface area contributed by atoms with Gasteiger partial charge in [-0.1, -0.05) is 42.5 Å². The fourth-order valence-corrected chi connectivity index (χ4v) is 3.56. The number of rotatable bonds is 5. The van der Waals surface area contributed by atoms with Crippen molar-refractivity contribution in [2.45, 2.75) is 20.4 Å². The van der Waals surface area contributed by atoms with Crippen molar-refractivity contribution in [3.8, 4) is 11.3 Å². The molecule has 0 saturated heterocycles. The highest BCUT2D eigenvalue weighted by molar-refractivity contribution is 5.93. The third-order valence-electron chi connectivity index (χ3n) is 5.06. The first-order chi connectivity index (χ1) is 13.6. The molecule has 6 heteroatoms. The third-order valence-corrected chi connectivity index (χ3v) is 5.06. The minimum Gasteiger partial charge on any atom is -0.342 e. The van der Waals surface area contributed by atoms with Crippen molar-refractivity contribution in [2.24, 2.45) is 0 Å². The van der Waals surface area contributed by atoms with Crippen LogP contribution in [0.15, 0.2) is 65.6 Å². The number of benzene rings is 2. The van der Waals surface area contributed by atoms with Crippen molar-refractivity contribution in [3.05, 3.63) is 71.3 Å². The maximum absolute atomic E-state index is 13.2. The molecular formula is C22H22N4O2. The molecule has 0 N–H and O–H groups in total. The quantitative estimate of drug-likeness (QED) is 0.539. The molecule has 4 rings (SSSR count). The van der Waals surface area contributed by atoms with Gasteiger partial charge in [0.2, 0.25) is 5.91 Å². The average Bonchev–Trinajstić information content (AvgIpc) is 3.19. The lowest BCUT2D eigenvalue weighted by molar-refractivity contribution is -0.131. The lowest BCUT2D eigenvalue weighted by atomic mass is 10.2. The molecule has 1 amide bonds. The highest BCUT2D eigenvalue weighted by atomic mass is 16.2. The lowest BCUT2D eigenvalue weighted by Crippen LogP contribution is -2.37. The van der Waals surface area contributed by atoms with Crippen molar-refractivity contribution in [1.29, 1.82) is 0 Å². The Kier molecular flexibility index (Phi) is 4.69. The van der Waals surface area contributed by atoms with Crippen LogP contribution in [0, 0.1) is 0 Å². The summed E-state index contributed by atoms with van der Waals surface area (Å²) in [6.45, 7) is 5.12. The topological polar surface area (TPSA) is 59.6 Å². The zero-order valence-corrected chi connectivity index (χ0v) is 16.0. The predicted octanol–water partition coefficient (Wildman–Crippen LogP) is 3.18. The van der Waals surface area contributed by atoms with Crippen molar-refractivity contribution >= 4 is 22.5 Å². The molecule has 4 aromatic rings. The number of fused-ring (bicyclic) bond motifs is 3. The van der Waals surface area contributed by atoms with E-state index in [-0.39, 0.29) is 18.1 Å². The molecule has 0 bridgehead atoms. The monoisotopic (exact) mass is 374 g/mol. The van der Waals surface area contributed by atoms with Gasteiger partial charge in [0, 0.05) is 30.2 Å². The van der Waals surface area contributed by atoms with Gasteiger partial charge in [-0.3, -0.25) is 13.8 Å². The summed E-state index contributed by atoms with van der Waals surface area (Å²) >= 11 is 0. The van der Waals surface area contributed by atoms with E-state index in [9.17, 15) is 9.59 Å². The second-order valence-corrected chi connectivity index (χ2v) is 6.64. The van der Waals surface area contributed by atoms with Crippen molar-refractivity contribution in [1.82, 2.24) is 18.9 Å².